The summed E-state index contributed by atoms with van der Waals surface area (Å²) in [4.78, 5) is 2.97. The molecule has 1 aromatic heterocycles. The minimum atomic E-state index is 0.402. The summed E-state index contributed by atoms with van der Waals surface area (Å²) in [5.41, 5.74) is 5.42. The van der Waals surface area contributed by atoms with Crippen LogP contribution in [0.4, 0.5) is 0 Å². The Balaban J connectivity index is 2.58. The highest BCUT2D eigenvalue weighted by Crippen LogP contribution is 2.22. The quantitative estimate of drug-likeness (QED) is 0.774. The van der Waals surface area contributed by atoms with Crippen molar-refractivity contribution in [1.82, 2.24) is 4.90 Å². The van der Waals surface area contributed by atoms with E-state index >= 15 is 0 Å². The van der Waals surface area contributed by atoms with Crippen LogP contribution in [0.1, 0.15) is 4.88 Å². The van der Waals surface area contributed by atoms with Gasteiger partial charge in [-0.05, 0) is 24.4 Å². The second-order valence-electron chi connectivity index (χ2n) is 2.40. The van der Waals surface area contributed by atoms with E-state index in [1.54, 1.807) is 16.2 Å². The van der Waals surface area contributed by atoms with E-state index in [0.717, 1.165) is 15.8 Å². The first kappa shape index (κ1) is 9.77. The Morgan fingerprint density at radius 1 is 1.75 bits per heavy atom. The lowest BCUT2D eigenvalue weighted by Crippen LogP contribution is -2.30. The minimum absolute atomic E-state index is 0.402. The van der Waals surface area contributed by atoms with Crippen LogP contribution < -0.4 is 5.73 Å². The molecule has 5 heteroatoms. The highest BCUT2D eigenvalue weighted by Gasteiger charge is 2.02. The lowest BCUT2D eigenvalue weighted by Gasteiger charge is -2.14. The SMILES string of the molecule is CN(Cc1ccc(Cl)s1)C(N)=S. The first-order chi connectivity index (χ1) is 5.59. The van der Waals surface area contributed by atoms with Gasteiger partial charge in [-0.15, -0.1) is 11.3 Å². The van der Waals surface area contributed by atoms with Gasteiger partial charge in [-0.3, -0.25) is 0 Å². The van der Waals surface area contributed by atoms with Crippen molar-refractivity contribution in [2.24, 2.45) is 5.73 Å². The molecule has 2 N–H and O–H groups in total. The molecular formula is C7H9ClN2S2. The lowest BCUT2D eigenvalue weighted by molar-refractivity contribution is 0.510. The summed E-state index contributed by atoms with van der Waals surface area (Å²) in [5.74, 6) is 0. The Morgan fingerprint density at radius 2 is 2.42 bits per heavy atom. The lowest BCUT2D eigenvalue weighted by atomic mass is 10.4. The molecule has 0 saturated carbocycles. The van der Waals surface area contributed by atoms with Crippen molar-refractivity contribution < 1.29 is 0 Å². The summed E-state index contributed by atoms with van der Waals surface area (Å²) < 4.78 is 0.793. The number of hydrogen-bond acceptors (Lipinski definition) is 2. The van der Waals surface area contributed by atoms with Crippen molar-refractivity contribution in [3.05, 3.63) is 21.3 Å². The minimum Gasteiger partial charge on any atom is -0.376 e. The zero-order valence-corrected chi connectivity index (χ0v) is 8.97. The number of thiophene rings is 1. The van der Waals surface area contributed by atoms with E-state index in [9.17, 15) is 0 Å². The summed E-state index contributed by atoms with van der Waals surface area (Å²) in [5, 5.41) is 0.402. The topological polar surface area (TPSA) is 29.3 Å². The second kappa shape index (κ2) is 4.07. The third kappa shape index (κ3) is 2.62. The average Bonchev–Trinajstić information content (AvgIpc) is 2.35. The zero-order valence-electron chi connectivity index (χ0n) is 6.58. The van der Waals surface area contributed by atoms with E-state index in [1.165, 1.54) is 0 Å². The van der Waals surface area contributed by atoms with E-state index in [4.69, 9.17) is 29.6 Å². The number of nitrogens with two attached hydrogens (primary N) is 1. The smallest absolute Gasteiger partial charge is 0.166 e. The van der Waals surface area contributed by atoms with Crippen LogP contribution in [-0.4, -0.2) is 17.1 Å². The molecule has 0 aromatic carbocycles. The highest BCUT2D eigenvalue weighted by molar-refractivity contribution is 7.80. The first-order valence-corrected chi connectivity index (χ1v) is 4.94. The fraction of sp³-hybridized carbons (Fsp3) is 0.286. The van der Waals surface area contributed by atoms with Crippen LogP contribution >= 0.6 is 35.2 Å². The van der Waals surface area contributed by atoms with E-state index < -0.39 is 0 Å². The molecular weight excluding hydrogens is 212 g/mol. The number of halogens is 1. The summed E-state index contributed by atoms with van der Waals surface area (Å²) in [6.07, 6.45) is 0. The fourth-order valence-corrected chi connectivity index (χ4v) is 1.95. The Labute approximate surface area is 85.9 Å². The Bertz CT molecular complexity index is 285. The standard InChI is InChI=1S/C7H9ClN2S2/c1-10(7(9)11)4-5-2-3-6(8)12-5/h2-3H,4H2,1H3,(H2,9,11). The molecule has 0 bridgehead atoms. The molecule has 0 amide bonds. The number of hydrogen-bond donors (Lipinski definition) is 1. The van der Waals surface area contributed by atoms with Gasteiger partial charge in [-0.2, -0.15) is 0 Å². The highest BCUT2D eigenvalue weighted by atomic mass is 35.5. The molecule has 1 aromatic rings. The fourth-order valence-electron chi connectivity index (χ4n) is 0.748. The third-order valence-electron chi connectivity index (χ3n) is 1.40. The summed E-state index contributed by atoms with van der Waals surface area (Å²) >= 11 is 12.1. The van der Waals surface area contributed by atoms with Crippen molar-refractivity contribution in [2.75, 3.05) is 7.05 Å². The monoisotopic (exact) mass is 220 g/mol. The second-order valence-corrected chi connectivity index (χ2v) is 4.62. The number of rotatable bonds is 2. The van der Waals surface area contributed by atoms with E-state index in [0.29, 0.717) is 5.11 Å². The van der Waals surface area contributed by atoms with Crippen LogP contribution in [0, 0.1) is 0 Å². The largest absolute Gasteiger partial charge is 0.376 e. The maximum absolute atomic E-state index is 5.76. The Morgan fingerprint density at radius 3 is 2.83 bits per heavy atom. The van der Waals surface area contributed by atoms with Crippen molar-refractivity contribution in [1.29, 1.82) is 0 Å². The van der Waals surface area contributed by atoms with Gasteiger partial charge in [0.1, 0.15) is 0 Å². The molecule has 0 atom stereocenters. The molecule has 0 aliphatic rings. The number of thiocarbonyl (C=S) groups is 1. The predicted octanol–water partition coefficient (Wildman–Crippen LogP) is 2.08. The van der Waals surface area contributed by atoms with E-state index in [2.05, 4.69) is 0 Å². The van der Waals surface area contributed by atoms with Gasteiger partial charge in [0.25, 0.3) is 0 Å². The molecule has 0 saturated heterocycles. The van der Waals surface area contributed by atoms with Crippen molar-refractivity contribution in [3.63, 3.8) is 0 Å². The number of nitrogens with zero attached hydrogens (tertiary/aromatic N) is 1. The maximum Gasteiger partial charge on any atom is 0.166 e. The average molecular weight is 221 g/mol. The normalized spacial score (nSPS) is 9.83. The molecule has 0 radical (unpaired) electrons. The van der Waals surface area contributed by atoms with Crippen LogP contribution in [-0.2, 0) is 6.54 Å². The Hall–Kier alpha value is -0.320. The van der Waals surface area contributed by atoms with Gasteiger partial charge in [-0.25, -0.2) is 0 Å². The van der Waals surface area contributed by atoms with Gasteiger partial charge < -0.3 is 10.6 Å². The zero-order chi connectivity index (χ0) is 9.14. The van der Waals surface area contributed by atoms with Gasteiger partial charge in [0.15, 0.2) is 5.11 Å². The van der Waals surface area contributed by atoms with Crippen LogP contribution in [0.5, 0.6) is 0 Å². The van der Waals surface area contributed by atoms with Gasteiger partial charge in [0.2, 0.25) is 0 Å². The van der Waals surface area contributed by atoms with Gasteiger partial charge >= 0.3 is 0 Å². The molecule has 0 aliphatic heterocycles. The van der Waals surface area contributed by atoms with E-state index in [-0.39, 0.29) is 0 Å². The van der Waals surface area contributed by atoms with Crippen molar-refractivity contribution >= 4 is 40.3 Å². The van der Waals surface area contributed by atoms with Crippen molar-refractivity contribution in [3.8, 4) is 0 Å². The van der Waals surface area contributed by atoms with Crippen LogP contribution in [0.3, 0.4) is 0 Å². The summed E-state index contributed by atoms with van der Waals surface area (Å²) in [7, 11) is 1.86. The molecule has 1 heterocycles. The van der Waals surface area contributed by atoms with Gasteiger partial charge in [-0.1, -0.05) is 11.6 Å². The van der Waals surface area contributed by atoms with Gasteiger partial charge in [0.05, 0.1) is 10.9 Å². The van der Waals surface area contributed by atoms with E-state index in [1.807, 2.05) is 19.2 Å². The van der Waals surface area contributed by atoms with Crippen molar-refractivity contribution in [2.45, 2.75) is 6.54 Å². The van der Waals surface area contributed by atoms with Crippen LogP contribution in [0.15, 0.2) is 12.1 Å². The molecule has 12 heavy (non-hydrogen) atoms. The Kier molecular flexibility index (Phi) is 3.31. The molecule has 0 aliphatic carbocycles. The summed E-state index contributed by atoms with van der Waals surface area (Å²) in [6, 6.07) is 3.84. The molecule has 0 unspecified atom stereocenters. The third-order valence-corrected chi connectivity index (χ3v) is 2.93. The van der Waals surface area contributed by atoms with Crippen LogP contribution in [0.2, 0.25) is 4.34 Å². The van der Waals surface area contributed by atoms with Gasteiger partial charge in [0, 0.05) is 11.9 Å². The molecule has 0 fully saturated rings. The molecule has 1 rings (SSSR count). The molecule has 0 spiro atoms. The molecule has 2 nitrogen and oxygen atoms in total. The van der Waals surface area contributed by atoms with Crippen LogP contribution in [0.25, 0.3) is 0 Å². The molecule has 66 valence electrons. The predicted molar refractivity (Wildman–Crippen MR) is 57.6 cm³/mol. The summed E-state index contributed by atoms with van der Waals surface area (Å²) in [6.45, 7) is 0.729. The maximum atomic E-state index is 5.76. The first-order valence-electron chi connectivity index (χ1n) is 3.34.